The smallest absolute Gasteiger partial charge is 0.270 e. The van der Waals surface area contributed by atoms with E-state index in [0.717, 1.165) is 34.1 Å². The van der Waals surface area contributed by atoms with Gasteiger partial charge in [0.2, 0.25) is 0 Å². The van der Waals surface area contributed by atoms with Crippen LogP contribution < -0.4 is 15.0 Å². The average molecular weight is 417 g/mol. The number of nitrogens with zero attached hydrogens (tertiary/aromatic N) is 1. The van der Waals surface area contributed by atoms with E-state index in [1.165, 1.54) is 4.90 Å². The van der Waals surface area contributed by atoms with Crippen LogP contribution in [-0.2, 0) is 16.0 Å². The number of ether oxygens (including phenoxy) is 1. The lowest BCUT2D eigenvalue weighted by Crippen LogP contribution is -2.54. The Balaban J connectivity index is 1.79. The van der Waals surface area contributed by atoms with Gasteiger partial charge >= 0.3 is 0 Å². The average Bonchev–Trinajstić information content (AvgIpc) is 2.77. The lowest BCUT2D eigenvalue weighted by atomic mass is 10.00. The van der Waals surface area contributed by atoms with Gasteiger partial charge < -0.3 is 4.74 Å². The fourth-order valence-electron chi connectivity index (χ4n) is 3.53. The zero-order chi connectivity index (χ0) is 21.3. The van der Waals surface area contributed by atoms with Crippen LogP contribution in [0.5, 0.6) is 5.75 Å². The summed E-state index contributed by atoms with van der Waals surface area (Å²) in [6, 6.07) is 18.9. The van der Waals surface area contributed by atoms with E-state index in [0.29, 0.717) is 5.69 Å². The Morgan fingerprint density at radius 1 is 1.00 bits per heavy atom. The predicted octanol–water partition coefficient (Wildman–Crippen LogP) is 4.24. The van der Waals surface area contributed by atoms with Crippen LogP contribution in [0.1, 0.15) is 18.1 Å². The Hall–Kier alpha value is -3.51. The minimum absolute atomic E-state index is 0.0264. The van der Waals surface area contributed by atoms with E-state index in [-0.39, 0.29) is 10.7 Å². The van der Waals surface area contributed by atoms with E-state index in [9.17, 15) is 9.59 Å². The van der Waals surface area contributed by atoms with E-state index in [2.05, 4.69) is 12.2 Å². The molecule has 0 saturated carbocycles. The van der Waals surface area contributed by atoms with Gasteiger partial charge in [0.25, 0.3) is 11.8 Å². The van der Waals surface area contributed by atoms with Crippen molar-refractivity contribution in [3.05, 3.63) is 77.4 Å². The number of methoxy groups -OCH3 is 1. The minimum atomic E-state index is -0.508. The largest absolute Gasteiger partial charge is 0.496 e. The molecular formula is C24H20N2O3S. The SMILES string of the molecule is CCc1ccc(N2C(=O)C(=Cc3ccc(OC)c4ccccc34)C(=O)NC2=S)cc1. The molecule has 150 valence electrons. The minimum Gasteiger partial charge on any atom is -0.496 e. The van der Waals surface area contributed by atoms with Gasteiger partial charge in [-0.05, 0) is 59.4 Å². The van der Waals surface area contributed by atoms with Crippen LogP contribution in [0.25, 0.3) is 16.8 Å². The molecule has 1 aliphatic rings. The number of carbonyl (C=O) groups excluding carboxylic acids is 2. The summed E-state index contributed by atoms with van der Waals surface area (Å²) in [5.41, 5.74) is 2.55. The van der Waals surface area contributed by atoms with Crippen LogP contribution in [0.15, 0.2) is 66.2 Å². The molecule has 30 heavy (non-hydrogen) atoms. The molecule has 1 aliphatic heterocycles. The van der Waals surface area contributed by atoms with Gasteiger partial charge in [0.15, 0.2) is 5.11 Å². The van der Waals surface area contributed by atoms with Gasteiger partial charge in [-0.1, -0.05) is 49.4 Å². The van der Waals surface area contributed by atoms with E-state index in [4.69, 9.17) is 17.0 Å². The molecule has 1 N–H and O–H groups in total. The molecule has 2 amide bonds. The molecule has 0 unspecified atom stereocenters. The predicted molar refractivity (Wildman–Crippen MR) is 123 cm³/mol. The third-order valence-corrected chi connectivity index (χ3v) is 5.43. The Kier molecular flexibility index (Phi) is 5.33. The summed E-state index contributed by atoms with van der Waals surface area (Å²) < 4.78 is 5.43. The zero-order valence-electron chi connectivity index (χ0n) is 16.6. The number of anilines is 1. The second kappa shape index (κ2) is 8.08. The maximum absolute atomic E-state index is 13.2. The quantitative estimate of drug-likeness (QED) is 0.393. The normalized spacial score (nSPS) is 15.6. The molecule has 0 spiro atoms. The lowest BCUT2D eigenvalue weighted by molar-refractivity contribution is -0.122. The highest BCUT2D eigenvalue weighted by atomic mass is 32.1. The summed E-state index contributed by atoms with van der Waals surface area (Å²) in [4.78, 5) is 27.2. The molecule has 0 atom stereocenters. The molecule has 0 radical (unpaired) electrons. The summed E-state index contributed by atoms with van der Waals surface area (Å²) in [7, 11) is 1.61. The van der Waals surface area contributed by atoms with Gasteiger partial charge in [-0.3, -0.25) is 19.8 Å². The first-order chi connectivity index (χ1) is 14.5. The molecule has 6 heteroatoms. The maximum atomic E-state index is 13.2. The Morgan fingerprint density at radius 3 is 2.37 bits per heavy atom. The van der Waals surface area contributed by atoms with E-state index in [1.807, 2.05) is 60.7 Å². The highest BCUT2D eigenvalue weighted by Gasteiger charge is 2.34. The molecule has 5 nitrogen and oxygen atoms in total. The lowest BCUT2D eigenvalue weighted by Gasteiger charge is -2.29. The number of fused-ring (bicyclic) bond motifs is 1. The van der Waals surface area contributed by atoms with Crippen molar-refractivity contribution in [3.63, 3.8) is 0 Å². The number of hydrogen-bond acceptors (Lipinski definition) is 4. The number of amides is 2. The standard InChI is InChI=1S/C24H20N2O3S/c1-3-15-8-11-17(12-9-15)26-23(28)20(22(27)25-24(26)30)14-16-10-13-21(29-2)19-7-5-4-6-18(16)19/h4-14H,3H2,1-2H3,(H,25,27,30). The number of hydrogen-bond donors (Lipinski definition) is 1. The van der Waals surface area contributed by atoms with Crippen molar-refractivity contribution >= 4 is 51.7 Å². The van der Waals surface area contributed by atoms with Crippen molar-refractivity contribution in [2.45, 2.75) is 13.3 Å². The van der Waals surface area contributed by atoms with E-state index in [1.54, 1.807) is 13.2 Å². The van der Waals surface area contributed by atoms with Gasteiger partial charge in [-0.2, -0.15) is 0 Å². The third kappa shape index (κ3) is 3.46. The number of benzene rings is 3. The fraction of sp³-hybridized carbons (Fsp3) is 0.125. The van der Waals surface area contributed by atoms with Crippen LogP contribution in [0.3, 0.4) is 0 Å². The van der Waals surface area contributed by atoms with Crippen molar-refractivity contribution in [2.75, 3.05) is 12.0 Å². The molecule has 4 rings (SSSR count). The number of nitrogens with one attached hydrogen (secondary N) is 1. The van der Waals surface area contributed by atoms with E-state index < -0.39 is 11.8 Å². The Morgan fingerprint density at radius 2 is 1.70 bits per heavy atom. The van der Waals surface area contributed by atoms with Gasteiger partial charge in [0, 0.05) is 5.39 Å². The number of aryl methyl sites for hydroxylation is 1. The first kappa shape index (κ1) is 19.8. The summed E-state index contributed by atoms with van der Waals surface area (Å²) in [5, 5.41) is 4.50. The Bertz CT molecular complexity index is 1200. The van der Waals surface area contributed by atoms with Crippen LogP contribution in [0.2, 0.25) is 0 Å². The van der Waals surface area contributed by atoms with Crippen LogP contribution in [0.4, 0.5) is 5.69 Å². The van der Waals surface area contributed by atoms with Crippen LogP contribution >= 0.6 is 12.2 Å². The molecule has 3 aromatic carbocycles. The summed E-state index contributed by atoms with van der Waals surface area (Å²) in [5.74, 6) is -0.231. The van der Waals surface area contributed by atoms with Gasteiger partial charge in [0.1, 0.15) is 11.3 Å². The summed E-state index contributed by atoms with van der Waals surface area (Å²) in [6.07, 6.45) is 2.50. The second-order valence-corrected chi connectivity index (χ2v) is 7.27. The van der Waals surface area contributed by atoms with Crippen molar-refractivity contribution in [1.29, 1.82) is 0 Å². The molecule has 0 bridgehead atoms. The van der Waals surface area contributed by atoms with Crippen LogP contribution in [0, 0.1) is 0 Å². The number of rotatable bonds is 4. The van der Waals surface area contributed by atoms with Gasteiger partial charge in [0.05, 0.1) is 12.8 Å². The number of carbonyl (C=O) groups is 2. The van der Waals surface area contributed by atoms with Gasteiger partial charge in [-0.15, -0.1) is 0 Å². The molecule has 0 aliphatic carbocycles. The highest BCUT2D eigenvalue weighted by molar-refractivity contribution is 7.80. The van der Waals surface area contributed by atoms with Crippen LogP contribution in [-0.4, -0.2) is 24.0 Å². The highest BCUT2D eigenvalue weighted by Crippen LogP contribution is 2.30. The van der Waals surface area contributed by atoms with Crippen molar-refractivity contribution in [2.24, 2.45) is 0 Å². The molecule has 1 fully saturated rings. The monoisotopic (exact) mass is 416 g/mol. The zero-order valence-corrected chi connectivity index (χ0v) is 17.5. The van der Waals surface area contributed by atoms with Crippen molar-refractivity contribution in [1.82, 2.24) is 5.32 Å². The molecule has 0 aromatic heterocycles. The summed E-state index contributed by atoms with van der Waals surface area (Å²) in [6.45, 7) is 2.06. The van der Waals surface area contributed by atoms with Gasteiger partial charge in [-0.25, -0.2) is 0 Å². The fourth-order valence-corrected chi connectivity index (χ4v) is 3.81. The first-order valence-electron chi connectivity index (χ1n) is 9.59. The van der Waals surface area contributed by atoms with Crippen molar-refractivity contribution < 1.29 is 14.3 Å². The topological polar surface area (TPSA) is 58.6 Å². The second-order valence-electron chi connectivity index (χ2n) is 6.88. The third-order valence-electron chi connectivity index (χ3n) is 5.14. The van der Waals surface area contributed by atoms with Crippen molar-refractivity contribution in [3.8, 4) is 5.75 Å². The summed E-state index contributed by atoms with van der Waals surface area (Å²) >= 11 is 5.28. The maximum Gasteiger partial charge on any atom is 0.270 e. The molecule has 1 saturated heterocycles. The molecule has 1 heterocycles. The number of thiocarbonyl (C=S) groups is 1. The van der Waals surface area contributed by atoms with E-state index >= 15 is 0 Å². The molecular weight excluding hydrogens is 396 g/mol. The molecule has 3 aromatic rings. The Labute approximate surface area is 179 Å². The first-order valence-corrected chi connectivity index (χ1v) is 10.0.